The predicted octanol–water partition coefficient (Wildman–Crippen LogP) is 3.58. The molecule has 2 aromatic carbocycles. The van der Waals surface area contributed by atoms with Gasteiger partial charge in [0.1, 0.15) is 0 Å². The van der Waals surface area contributed by atoms with E-state index in [4.69, 9.17) is 11.6 Å². The van der Waals surface area contributed by atoms with Crippen molar-refractivity contribution in [2.24, 2.45) is 0 Å². The van der Waals surface area contributed by atoms with E-state index in [1.807, 2.05) is 0 Å². The molecule has 0 aliphatic heterocycles. The molecule has 148 valence electrons. The lowest BCUT2D eigenvalue weighted by molar-refractivity contribution is -0.143. The molecule has 8 nitrogen and oxygen atoms in total. The Morgan fingerprint density at radius 2 is 1.62 bits per heavy atom. The number of anilines is 3. The summed E-state index contributed by atoms with van der Waals surface area (Å²) in [5.41, 5.74) is 0.968. The topological polar surface area (TPSA) is 89.1 Å². The van der Waals surface area contributed by atoms with Crippen LogP contribution in [0.4, 0.5) is 30.5 Å². The molecule has 0 saturated heterocycles. The average molecular weight is 422 g/mol. The van der Waals surface area contributed by atoms with Gasteiger partial charge in [-0.25, -0.2) is 0 Å². The van der Waals surface area contributed by atoms with E-state index in [0.29, 0.717) is 20.9 Å². The molecule has 29 heavy (non-hydrogen) atoms. The number of fused-ring (bicyclic) bond motifs is 1. The van der Waals surface area contributed by atoms with E-state index < -0.39 is 17.4 Å². The molecule has 0 unspecified atom stereocenters. The Labute approximate surface area is 165 Å². The number of aromatic nitrogens is 5. The van der Waals surface area contributed by atoms with Crippen LogP contribution in [0.1, 0.15) is 5.69 Å². The lowest BCUT2D eigenvalue weighted by Crippen LogP contribution is -2.29. The van der Waals surface area contributed by atoms with Crippen LogP contribution in [0.3, 0.4) is 0 Å². The zero-order valence-corrected chi connectivity index (χ0v) is 15.1. The first kappa shape index (κ1) is 18.7. The van der Waals surface area contributed by atoms with E-state index in [0.717, 1.165) is 0 Å². The molecule has 4 aromatic rings. The molecule has 0 radical (unpaired) electrons. The SMILES string of the molecule is O=c1c(C(F)(F)F)nnc2n(Nc3ccccc3)c(Nc3ccc(Cl)cc3)nn12. The van der Waals surface area contributed by atoms with Crippen molar-refractivity contribution in [2.75, 3.05) is 10.7 Å². The van der Waals surface area contributed by atoms with Crippen LogP contribution in [0, 0.1) is 0 Å². The van der Waals surface area contributed by atoms with Crippen LogP contribution >= 0.6 is 11.6 Å². The monoisotopic (exact) mass is 421 g/mol. The summed E-state index contributed by atoms with van der Waals surface area (Å²) in [7, 11) is 0. The van der Waals surface area contributed by atoms with Crippen molar-refractivity contribution in [3.63, 3.8) is 0 Å². The van der Waals surface area contributed by atoms with Gasteiger partial charge in [0.25, 0.3) is 5.78 Å². The van der Waals surface area contributed by atoms with E-state index in [-0.39, 0.29) is 11.7 Å². The average Bonchev–Trinajstić information content (AvgIpc) is 3.02. The second kappa shape index (κ2) is 7.09. The van der Waals surface area contributed by atoms with E-state index in [2.05, 4.69) is 26.0 Å². The Bertz CT molecular complexity index is 1220. The highest BCUT2D eigenvalue weighted by Gasteiger charge is 2.38. The third-order valence-electron chi connectivity index (χ3n) is 3.81. The van der Waals surface area contributed by atoms with Crippen LogP contribution in [0.25, 0.3) is 5.78 Å². The summed E-state index contributed by atoms with van der Waals surface area (Å²) in [5.74, 6) is -0.217. The fourth-order valence-electron chi connectivity index (χ4n) is 2.50. The van der Waals surface area contributed by atoms with Crippen LogP contribution in [0.5, 0.6) is 0 Å². The standard InChI is InChI=1S/C17H11ClF3N7O/c18-10-6-8-11(9-7-10)22-15-26-27-14(29)13(17(19,20)21)23-24-16(27)28(15)25-12-4-2-1-3-5-12/h1-9,25H,(H,22,26). The van der Waals surface area contributed by atoms with Gasteiger partial charge in [-0.1, -0.05) is 29.8 Å². The normalized spacial score (nSPS) is 11.6. The summed E-state index contributed by atoms with van der Waals surface area (Å²) in [6.45, 7) is 0. The van der Waals surface area contributed by atoms with Gasteiger partial charge in [0, 0.05) is 10.7 Å². The lowest BCUT2D eigenvalue weighted by Gasteiger charge is -2.11. The predicted molar refractivity (Wildman–Crippen MR) is 100 cm³/mol. The van der Waals surface area contributed by atoms with Crippen molar-refractivity contribution in [2.45, 2.75) is 6.18 Å². The Kier molecular flexibility index (Phi) is 4.59. The summed E-state index contributed by atoms with van der Waals surface area (Å²) < 4.78 is 40.8. The summed E-state index contributed by atoms with van der Waals surface area (Å²) in [6.07, 6.45) is -4.95. The highest BCUT2D eigenvalue weighted by molar-refractivity contribution is 6.30. The molecule has 0 bridgehead atoms. The number of rotatable bonds is 4. The molecular formula is C17H11ClF3N7O. The van der Waals surface area contributed by atoms with Gasteiger partial charge in [-0.2, -0.15) is 22.4 Å². The number of hydrogen-bond donors (Lipinski definition) is 2. The molecule has 12 heteroatoms. The second-order valence-corrected chi connectivity index (χ2v) is 6.27. The summed E-state index contributed by atoms with van der Waals surface area (Å²) in [4.78, 5) is 12.3. The van der Waals surface area contributed by atoms with Gasteiger partial charge in [0.15, 0.2) is 0 Å². The second-order valence-electron chi connectivity index (χ2n) is 5.83. The number of halogens is 4. The zero-order valence-electron chi connectivity index (χ0n) is 14.4. The molecule has 0 amide bonds. The highest BCUT2D eigenvalue weighted by atomic mass is 35.5. The van der Waals surface area contributed by atoms with Crippen molar-refractivity contribution in [1.82, 2.24) is 24.5 Å². The van der Waals surface area contributed by atoms with E-state index in [1.165, 1.54) is 4.68 Å². The van der Waals surface area contributed by atoms with Gasteiger partial charge in [-0.05, 0) is 36.4 Å². The third kappa shape index (κ3) is 3.72. The Morgan fingerprint density at radius 1 is 0.931 bits per heavy atom. The molecule has 4 rings (SSSR count). The van der Waals surface area contributed by atoms with E-state index >= 15 is 0 Å². The Balaban J connectivity index is 1.87. The maximum atomic E-state index is 13.0. The first-order valence-corrected chi connectivity index (χ1v) is 8.51. The molecule has 2 aromatic heterocycles. The molecule has 0 fully saturated rings. The first-order valence-electron chi connectivity index (χ1n) is 8.13. The number of alkyl halides is 3. The van der Waals surface area contributed by atoms with Crippen LogP contribution in [0.2, 0.25) is 5.02 Å². The maximum Gasteiger partial charge on any atom is 0.440 e. The molecule has 0 saturated carbocycles. The number of hydrogen-bond acceptors (Lipinski definition) is 6. The molecule has 0 aliphatic carbocycles. The van der Waals surface area contributed by atoms with Gasteiger partial charge < -0.3 is 5.32 Å². The van der Waals surface area contributed by atoms with Gasteiger partial charge in [0.05, 0.1) is 5.69 Å². The van der Waals surface area contributed by atoms with Crippen molar-refractivity contribution >= 4 is 34.7 Å². The Morgan fingerprint density at radius 3 is 2.28 bits per heavy atom. The quantitative estimate of drug-likeness (QED) is 0.523. The number of nitrogens with zero attached hydrogens (tertiary/aromatic N) is 5. The van der Waals surface area contributed by atoms with Crippen LogP contribution < -0.4 is 16.3 Å². The van der Waals surface area contributed by atoms with Crippen molar-refractivity contribution in [3.8, 4) is 0 Å². The largest absolute Gasteiger partial charge is 0.440 e. The van der Waals surface area contributed by atoms with Crippen LogP contribution in [0.15, 0.2) is 59.4 Å². The van der Waals surface area contributed by atoms with Crippen molar-refractivity contribution in [3.05, 3.63) is 75.7 Å². The highest BCUT2D eigenvalue weighted by Crippen LogP contribution is 2.25. The molecule has 0 aliphatic rings. The minimum atomic E-state index is -4.95. The van der Waals surface area contributed by atoms with Gasteiger partial charge in [-0.15, -0.1) is 15.3 Å². The number of para-hydroxylation sites is 1. The van der Waals surface area contributed by atoms with Crippen molar-refractivity contribution in [1.29, 1.82) is 0 Å². The van der Waals surface area contributed by atoms with Crippen LogP contribution in [-0.2, 0) is 6.18 Å². The summed E-state index contributed by atoms with van der Waals surface area (Å²) in [6, 6.07) is 15.3. The molecule has 0 atom stereocenters. The third-order valence-corrected chi connectivity index (χ3v) is 4.07. The smallest absolute Gasteiger partial charge is 0.323 e. The zero-order chi connectivity index (χ0) is 20.6. The molecule has 2 heterocycles. The maximum absolute atomic E-state index is 13.0. The van der Waals surface area contributed by atoms with Gasteiger partial charge >= 0.3 is 11.7 Å². The lowest BCUT2D eigenvalue weighted by atomic mass is 10.3. The number of benzene rings is 2. The van der Waals surface area contributed by atoms with E-state index in [9.17, 15) is 18.0 Å². The first-order chi connectivity index (χ1) is 13.8. The summed E-state index contributed by atoms with van der Waals surface area (Å²) >= 11 is 5.87. The Hall–Kier alpha value is -3.60. The van der Waals surface area contributed by atoms with Gasteiger partial charge in [-0.3, -0.25) is 10.2 Å². The summed E-state index contributed by atoms with van der Waals surface area (Å²) in [5, 5.41) is 14.0. The van der Waals surface area contributed by atoms with Gasteiger partial charge in [0.2, 0.25) is 11.6 Å². The van der Waals surface area contributed by atoms with E-state index in [1.54, 1.807) is 54.6 Å². The molecule has 0 spiro atoms. The van der Waals surface area contributed by atoms with Crippen molar-refractivity contribution < 1.29 is 13.2 Å². The minimum Gasteiger partial charge on any atom is -0.323 e. The molecular weight excluding hydrogens is 411 g/mol. The number of nitrogens with one attached hydrogen (secondary N) is 2. The fraction of sp³-hybridized carbons (Fsp3) is 0.0588. The fourth-order valence-corrected chi connectivity index (χ4v) is 2.63. The molecule has 2 N–H and O–H groups in total. The minimum absolute atomic E-state index is 0.0156. The van der Waals surface area contributed by atoms with Crippen LogP contribution in [-0.4, -0.2) is 24.5 Å².